The van der Waals surface area contributed by atoms with Gasteiger partial charge in [-0.05, 0) is 69.1 Å². The Bertz CT molecular complexity index is 1870. The van der Waals surface area contributed by atoms with Crippen LogP contribution in [0.4, 0.5) is 5.69 Å². The van der Waals surface area contributed by atoms with Gasteiger partial charge in [0.25, 0.3) is 11.8 Å². The van der Waals surface area contributed by atoms with Crippen molar-refractivity contribution in [1.82, 2.24) is 19.8 Å². The molecule has 0 atom stereocenters. The van der Waals surface area contributed by atoms with Gasteiger partial charge in [-0.1, -0.05) is 18.2 Å². The van der Waals surface area contributed by atoms with E-state index in [0.717, 1.165) is 38.2 Å². The second-order valence-corrected chi connectivity index (χ2v) is 12.0. The fourth-order valence-corrected chi connectivity index (χ4v) is 6.04. The number of nitrogens with two attached hydrogens (primary N) is 1. The van der Waals surface area contributed by atoms with Gasteiger partial charge in [-0.2, -0.15) is 0 Å². The van der Waals surface area contributed by atoms with Crippen LogP contribution in [0.15, 0.2) is 54.2 Å². The van der Waals surface area contributed by atoms with Gasteiger partial charge in [0.05, 0.1) is 47.3 Å². The number of nitrogens with one attached hydrogen (secondary N) is 1. The lowest BCUT2D eigenvalue weighted by molar-refractivity contribution is 0.0961. The van der Waals surface area contributed by atoms with E-state index in [0.29, 0.717) is 64.6 Å². The molecular weight excluding hydrogens is 683 g/mol. The molecule has 0 radical (unpaired) electrons. The van der Waals surface area contributed by atoms with E-state index in [2.05, 4.69) is 32.8 Å². The molecule has 4 N–H and O–H groups in total. The standard InChI is InChI=1S/C36H42N6O6.2ClH/c1-23-11-14-29(30(20-23)48-19-6-5-8-24(21-43)42-17-15-40(2)16-18-42)41(3)36(46)27-13-12-26(34(47-4)32(27)35(37)45)25-9-7-10-28-33(25)39-31(22-44)38-28;;/h7,9-14,20,44H,5-6,8,15-19,22H2,1-4H3,(H2,37,45)(H,38,39);2*1H. The summed E-state index contributed by atoms with van der Waals surface area (Å²) >= 11 is 0. The number of ether oxygens (including phenoxy) is 2. The summed E-state index contributed by atoms with van der Waals surface area (Å²) in [5.41, 5.74) is 10.5. The molecule has 0 spiro atoms. The molecule has 12 nitrogen and oxygen atoms in total. The van der Waals surface area contributed by atoms with Gasteiger partial charge in [0.15, 0.2) is 0 Å². The molecule has 14 heteroatoms. The van der Waals surface area contributed by atoms with Gasteiger partial charge in [0.2, 0.25) is 0 Å². The van der Waals surface area contributed by atoms with E-state index in [1.54, 1.807) is 25.2 Å². The smallest absolute Gasteiger partial charge is 0.259 e. The van der Waals surface area contributed by atoms with E-state index in [1.807, 2.05) is 37.3 Å². The molecule has 0 aliphatic carbocycles. The van der Waals surface area contributed by atoms with Gasteiger partial charge < -0.3 is 40.0 Å². The summed E-state index contributed by atoms with van der Waals surface area (Å²) in [5.74, 6) is 1.89. The van der Waals surface area contributed by atoms with Gasteiger partial charge in [0.1, 0.15) is 29.9 Å². The number of nitrogens with zero attached hydrogens (tertiary/aromatic N) is 4. The number of carbonyl (C=O) groups is 2. The first kappa shape index (κ1) is 39.9. The molecule has 0 unspecified atom stereocenters. The van der Waals surface area contributed by atoms with Crippen LogP contribution in [0.5, 0.6) is 11.5 Å². The van der Waals surface area contributed by atoms with E-state index >= 15 is 0 Å². The van der Waals surface area contributed by atoms with Gasteiger partial charge >= 0.3 is 0 Å². The first-order valence-corrected chi connectivity index (χ1v) is 15.9. The molecule has 1 aromatic heterocycles. The van der Waals surface area contributed by atoms with Gasteiger partial charge in [-0.25, -0.2) is 9.78 Å². The van der Waals surface area contributed by atoms with Crippen molar-refractivity contribution >= 4 is 59.3 Å². The maximum Gasteiger partial charge on any atom is 0.259 e. The van der Waals surface area contributed by atoms with E-state index < -0.39 is 11.8 Å². The summed E-state index contributed by atoms with van der Waals surface area (Å²) in [6.45, 7) is 5.54. The fraction of sp³-hybridized carbons (Fsp3) is 0.361. The maximum atomic E-state index is 14.0. The van der Waals surface area contributed by atoms with Crippen LogP contribution in [0.1, 0.15) is 51.4 Å². The van der Waals surface area contributed by atoms with Crippen molar-refractivity contribution in [3.8, 4) is 22.6 Å². The van der Waals surface area contributed by atoms with Gasteiger partial charge in [0, 0.05) is 44.4 Å². The number of hydrogen-bond donors (Lipinski definition) is 3. The average Bonchev–Trinajstić information content (AvgIpc) is 3.53. The molecule has 3 aromatic carbocycles. The number of amides is 2. The predicted octanol–water partition coefficient (Wildman–Crippen LogP) is 4.77. The number of imidazole rings is 1. The number of aliphatic hydroxyl groups is 1. The molecular formula is C36H44Cl2N6O6. The van der Waals surface area contributed by atoms with Crippen molar-refractivity contribution in [3.05, 3.63) is 76.7 Å². The van der Waals surface area contributed by atoms with Crippen LogP contribution in [0.25, 0.3) is 22.2 Å². The summed E-state index contributed by atoms with van der Waals surface area (Å²) in [7, 11) is 5.10. The number of para-hydroxylation sites is 1. The molecule has 1 fully saturated rings. The fourth-order valence-electron chi connectivity index (χ4n) is 6.04. The quantitative estimate of drug-likeness (QED) is 0.131. The third-order valence-electron chi connectivity index (χ3n) is 8.69. The number of fused-ring (bicyclic) bond motifs is 1. The second kappa shape index (κ2) is 17.9. The molecule has 0 bridgehead atoms. The van der Waals surface area contributed by atoms with Crippen LogP contribution >= 0.6 is 24.8 Å². The largest absolute Gasteiger partial charge is 0.495 e. The minimum atomic E-state index is -0.823. The summed E-state index contributed by atoms with van der Waals surface area (Å²) in [6.07, 6.45) is 2.09. The summed E-state index contributed by atoms with van der Waals surface area (Å²) in [5, 5.41) is 9.60. The van der Waals surface area contributed by atoms with Crippen LogP contribution in [0, 0.1) is 6.92 Å². The molecule has 268 valence electrons. The molecule has 1 saturated heterocycles. The minimum absolute atomic E-state index is 0. The Balaban J connectivity index is 0.00000338. The molecule has 5 rings (SSSR count). The SMILES string of the molecule is COc1c(-c2cccc3[nH]c(CO)nc23)ccc(C(=O)N(C)c2ccc(C)cc2OCCCCC(=C=O)N2CCN(C)CC2)c1C(N)=O.Cl.Cl. The third-order valence-corrected chi connectivity index (χ3v) is 8.69. The van der Waals surface area contributed by atoms with Crippen molar-refractivity contribution in [3.63, 3.8) is 0 Å². The second-order valence-electron chi connectivity index (χ2n) is 12.0. The molecule has 2 amide bonds. The van der Waals surface area contributed by atoms with Crippen LogP contribution in [-0.4, -0.2) is 96.6 Å². The van der Waals surface area contributed by atoms with E-state index in [1.165, 1.54) is 12.0 Å². The number of aromatic amines is 1. The highest BCUT2D eigenvalue weighted by Crippen LogP contribution is 2.39. The highest BCUT2D eigenvalue weighted by Gasteiger charge is 2.28. The number of rotatable bonds is 13. The van der Waals surface area contributed by atoms with Gasteiger partial charge in [-0.3, -0.25) is 9.59 Å². The lowest BCUT2D eigenvalue weighted by Crippen LogP contribution is -2.44. The van der Waals surface area contributed by atoms with Crippen molar-refractivity contribution in [1.29, 1.82) is 0 Å². The van der Waals surface area contributed by atoms with Crippen LogP contribution in [0.3, 0.4) is 0 Å². The Hall–Kier alpha value is -4.58. The zero-order chi connectivity index (χ0) is 34.4. The molecule has 2 heterocycles. The van der Waals surface area contributed by atoms with Crippen LogP contribution < -0.4 is 20.1 Å². The molecule has 1 aliphatic rings. The number of benzene rings is 3. The number of aromatic nitrogens is 2. The zero-order valence-corrected chi connectivity index (χ0v) is 30.3. The summed E-state index contributed by atoms with van der Waals surface area (Å²) in [4.78, 5) is 51.9. The molecule has 50 heavy (non-hydrogen) atoms. The Morgan fingerprint density at radius 3 is 2.46 bits per heavy atom. The maximum absolute atomic E-state index is 14.0. The van der Waals surface area contributed by atoms with E-state index in [-0.39, 0.29) is 48.3 Å². The van der Waals surface area contributed by atoms with Crippen molar-refractivity contribution < 1.29 is 29.0 Å². The lowest BCUT2D eigenvalue weighted by Gasteiger charge is -2.34. The van der Waals surface area contributed by atoms with E-state index in [9.17, 15) is 19.5 Å². The van der Waals surface area contributed by atoms with Crippen molar-refractivity contribution in [2.45, 2.75) is 32.8 Å². The van der Waals surface area contributed by atoms with Crippen molar-refractivity contribution in [2.75, 3.05) is 58.9 Å². The molecule has 1 aliphatic heterocycles. The number of methoxy groups -OCH3 is 1. The van der Waals surface area contributed by atoms with Crippen LogP contribution in [-0.2, 0) is 11.4 Å². The summed E-state index contributed by atoms with van der Waals surface area (Å²) < 4.78 is 11.9. The number of halogens is 2. The highest BCUT2D eigenvalue weighted by molar-refractivity contribution is 6.15. The van der Waals surface area contributed by atoms with Gasteiger partial charge in [-0.15, -0.1) is 24.8 Å². The highest BCUT2D eigenvalue weighted by atomic mass is 35.5. The topological polar surface area (TPSA) is 154 Å². The Morgan fingerprint density at radius 1 is 1.06 bits per heavy atom. The number of primary amides is 1. The zero-order valence-electron chi connectivity index (χ0n) is 28.7. The Kier molecular flexibility index (Phi) is 14.3. The minimum Gasteiger partial charge on any atom is -0.495 e. The molecule has 0 saturated carbocycles. The number of unbranched alkanes of at least 4 members (excludes halogenated alkanes) is 1. The normalized spacial score (nSPS) is 12.8. The predicted molar refractivity (Wildman–Crippen MR) is 199 cm³/mol. The number of anilines is 1. The van der Waals surface area contributed by atoms with Crippen molar-refractivity contribution in [2.24, 2.45) is 5.73 Å². The monoisotopic (exact) mass is 726 g/mol. The first-order valence-electron chi connectivity index (χ1n) is 15.9. The number of aliphatic hydroxyl groups excluding tert-OH is 1. The number of likely N-dealkylation sites (N-methyl/N-ethyl adjacent to an activating group) is 1. The van der Waals surface area contributed by atoms with Crippen LogP contribution in [0.2, 0.25) is 0 Å². The summed E-state index contributed by atoms with van der Waals surface area (Å²) in [6, 6.07) is 14.3. The van der Waals surface area contributed by atoms with E-state index in [4.69, 9.17) is 15.2 Å². The Labute approximate surface area is 304 Å². The Morgan fingerprint density at radius 2 is 1.80 bits per heavy atom. The number of allylic oxidation sites excluding steroid dienone is 1. The average molecular weight is 728 g/mol. The number of hydrogen-bond acceptors (Lipinski definition) is 9. The number of carbonyl (C=O) groups excluding carboxylic acids is 3. The number of aryl methyl sites for hydroxylation is 1. The number of H-pyrrole nitrogens is 1. The first-order chi connectivity index (χ1) is 23.2. The lowest BCUT2D eigenvalue weighted by atomic mass is 9.95. The number of piperazine rings is 1. The third kappa shape index (κ3) is 8.58. The molecule has 4 aromatic rings.